The summed E-state index contributed by atoms with van der Waals surface area (Å²) in [6, 6.07) is 0.759. The van der Waals surface area contributed by atoms with Crippen LogP contribution in [-0.2, 0) is 4.74 Å². The van der Waals surface area contributed by atoms with Crippen LogP contribution in [0.5, 0.6) is 0 Å². The first-order valence-corrected chi connectivity index (χ1v) is 7.04. The lowest BCUT2D eigenvalue weighted by Crippen LogP contribution is -2.67. The third-order valence-corrected chi connectivity index (χ3v) is 5.32. The standard InChI is InChI=1S/C14H25NO/c1-3-16-12-9-11(14(12)5-4-6-14)15-10-13(2)7-8-13/h11-12,15H,3-10H2,1-2H3. The van der Waals surface area contributed by atoms with E-state index in [4.69, 9.17) is 4.74 Å². The van der Waals surface area contributed by atoms with Crippen LogP contribution in [0.25, 0.3) is 0 Å². The molecule has 2 atom stereocenters. The summed E-state index contributed by atoms with van der Waals surface area (Å²) in [5, 5.41) is 3.82. The van der Waals surface area contributed by atoms with E-state index in [0.717, 1.165) is 12.6 Å². The van der Waals surface area contributed by atoms with Crippen molar-refractivity contribution < 1.29 is 4.74 Å². The lowest BCUT2D eigenvalue weighted by atomic mass is 9.51. The molecular weight excluding hydrogens is 198 g/mol. The zero-order valence-electron chi connectivity index (χ0n) is 10.7. The molecule has 3 saturated carbocycles. The van der Waals surface area contributed by atoms with E-state index in [9.17, 15) is 0 Å². The number of hydrogen-bond donors (Lipinski definition) is 1. The molecular formula is C14H25NO. The Labute approximate surface area is 99.1 Å². The summed E-state index contributed by atoms with van der Waals surface area (Å²) < 4.78 is 5.87. The first-order chi connectivity index (χ1) is 7.69. The highest BCUT2D eigenvalue weighted by molar-refractivity contribution is 5.12. The van der Waals surface area contributed by atoms with Crippen molar-refractivity contribution in [2.45, 2.75) is 64.5 Å². The van der Waals surface area contributed by atoms with Gasteiger partial charge in [0.15, 0.2) is 0 Å². The maximum atomic E-state index is 5.87. The molecule has 16 heavy (non-hydrogen) atoms. The summed E-state index contributed by atoms with van der Waals surface area (Å²) >= 11 is 0. The molecule has 0 aliphatic heterocycles. The van der Waals surface area contributed by atoms with Gasteiger partial charge in [-0.15, -0.1) is 0 Å². The molecule has 0 amide bonds. The van der Waals surface area contributed by atoms with Crippen LogP contribution >= 0.6 is 0 Å². The molecule has 0 aromatic rings. The van der Waals surface area contributed by atoms with Gasteiger partial charge in [-0.25, -0.2) is 0 Å². The summed E-state index contributed by atoms with van der Waals surface area (Å²) in [6.45, 7) is 6.65. The Morgan fingerprint density at radius 1 is 1.25 bits per heavy atom. The highest BCUT2D eigenvalue weighted by Crippen LogP contribution is 2.57. The van der Waals surface area contributed by atoms with Gasteiger partial charge in [-0.05, 0) is 44.4 Å². The molecule has 0 aromatic carbocycles. The second kappa shape index (κ2) is 3.71. The Hall–Kier alpha value is -0.0800. The second-order valence-corrected chi connectivity index (χ2v) is 6.51. The fraction of sp³-hybridized carbons (Fsp3) is 1.00. The average Bonchev–Trinajstić information content (AvgIpc) is 2.87. The van der Waals surface area contributed by atoms with Gasteiger partial charge in [0.2, 0.25) is 0 Å². The predicted molar refractivity (Wildman–Crippen MR) is 65.4 cm³/mol. The van der Waals surface area contributed by atoms with Crippen molar-refractivity contribution in [2.24, 2.45) is 10.8 Å². The van der Waals surface area contributed by atoms with E-state index in [1.54, 1.807) is 0 Å². The van der Waals surface area contributed by atoms with Crippen molar-refractivity contribution >= 4 is 0 Å². The molecule has 1 spiro atoms. The van der Waals surface area contributed by atoms with Gasteiger partial charge in [-0.1, -0.05) is 13.3 Å². The van der Waals surface area contributed by atoms with Crippen LogP contribution in [0.3, 0.4) is 0 Å². The second-order valence-electron chi connectivity index (χ2n) is 6.51. The Morgan fingerprint density at radius 3 is 2.50 bits per heavy atom. The van der Waals surface area contributed by atoms with Gasteiger partial charge >= 0.3 is 0 Å². The van der Waals surface area contributed by atoms with E-state index in [1.165, 1.54) is 45.1 Å². The SMILES string of the molecule is CCOC1CC(NCC2(C)CC2)C12CCC2. The first-order valence-electron chi connectivity index (χ1n) is 7.04. The minimum Gasteiger partial charge on any atom is -0.378 e. The summed E-state index contributed by atoms with van der Waals surface area (Å²) in [7, 11) is 0. The van der Waals surface area contributed by atoms with Crippen molar-refractivity contribution in [2.75, 3.05) is 13.2 Å². The molecule has 0 bridgehead atoms. The summed E-state index contributed by atoms with van der Waals surface area (Å²) in [5.74, 6) is 0. The van der Waals surface area contributed by atoms with E-state index in [-0.39, 0.29) is 0 Å². The Balaban J connectivity index is 1.52. The zero-order valence-corrected chi connectivity index (χ0v) is 10.7. The van der Waals surface area contributed by atoms with Gasteiger partial charge in [-0.3, -0.25) is 0 Å². The van der Waals surface area contributed by atoms with Crippen molar-refractivity contribution in [1.29, 1.82) is 0 Å². The molecule has 3 fully saturated rings. The maximum absolute atomic E-state index is 5.87. The summed E-state index contributed by atoms with van der Waals surface area (Å²) in [5.41, 5.74) is 1.18. The molecule has 0 heterocycles. The number of nitrogens with one attached hydrogen (secondary N) is 1. The Kier molecular flexibility index (Phi) is 2.56. The van der Waals surface area contributed by atoms with Gasteiger partial charge in [-0.2, -0.15) is 0 Å². The highest BCUT2D eigenvalue weighted by Gasteiger charge is 2.59. The topological polar surface area (TPSA) is 21.3 Å². The van der Waals surface area contributed by atoms with Crippen LogP contribution in [0.1, 0.15) is 52.4 Å². The number of hydrogen-bond acceptors (Lipinski definition) is 2. The lowest BCUT2D eigenvalue weighted by Gasteiger charge is -2.61. The largest absolute Gasteiger partial charge is 0.378 e. The molecule has 3 aliphatic rings. The van der Waals surface area contributed by atoms with Crippen molar-refractivity contribution in [3.8, 4) is 0 Å². The van der Waals surface area contributed by atoms with Crippen molar-refractivity contribution in [3.05, 3.63) is 0 Å². The van der Waals surface area contributed by atoms with Crippen LogP contribution in [0, 0.1) is 10.8 Å². The fourth-order valence-electron chi connectivity index (χ4n) is 3.48. The minimum absolute atomic E-state index is 0.543. The van der Waals surface area contributed by atoms with E-state index in [1.807, 2.05) is 0 Å². The van der Waals surface area contributed by atoms with Crippen molar-refractivity contribution in [3.63, 3.8) is 0 Å². The van der Waals surface area contributed by atoms with Crippen LogP contribution in [0.2, 0.25) is 0 Å². The van der Waals surface area contributed by atoms with Crippen LogP contribution in [0.4, 0.5) is 0 Å². The fourth-order valence-corrected chi connectivity index (χ4v) is 3.48. The number of ether oxygens (including phenoxy) is 1. The van der Waals surface area contributed by atoms with Gasteiger partial charge < -0.3 is 10.1 Å². The average molecular weight is 223 g/mol. The zero-order chi connectivity index (χ0) is 11.2. The lowest BCUT2D eigenvalue weighted by molar-refractivity contribution is -0.173. The minimum atomic E-state index is 0.543. The van der Waals surface area contributed by atoms with Gasteiger partial charge in [0, 0.05) is 24.6 Å². The third-order valence-electron chi connectivity index (χ3n) is 5.32. The third kappa shape index (κ3) is 1.62. The maximum Gasteiger partial charge on any atom is 0.0661 e. The normalized spacial score (nSPS) is 37.9. The van der Waals surface area contributed by atoms with E-state index in [2.05, 4.69) is 19.2 Å². The quantitative estimate of drug-likeness (QED) is 0.774. The Morgan fingerprint density at radius 2 is 2.00 bits per heavy atom. The van der Waals surface area contributed by atoms with Crippen LogP contribution in [0.15, 0.2) is 0 Å². The smallest absolute Gasteiger partial charge is 0.0661 e. The highest BCUT2D eigenvalue weighted by atomic mass is 16.5. The van der Waals surface area contributed by atoms with E-state index >= 15 is 0 Å². The first kappa shape index (κ1) is 11.0. The van der Waals surface area contributed by atoms with E-state index < -0.39 is 0 Å². The Bertz CT molecular complexity index is 268. The molecule has 0 radical (unpaired) electrons. The summed E-state index contributed by atoms with van der Waals surface area (Å²) in [6.07, 6.45) is 8.88. The molecule has 3 aliphatic carbocycles. The van der Waals surface area contributed by atoms with Gasteiger partial charge in [0.05, 0.1) is 6.10 Å². The van der Waals surface area contributed by atoms with Crippen LogP contribution in [-0.4, -0.2) is 25.3 Å². The molecule has 2 heteroatoms. The molecule has 1 N–H and O–H groups in total. The molecule has 0 aromatic heterocycles. The predicted octanol–water partition coefficient (Wildman–Crippen LogP) is 2.72. The molecule has 2 unspecified atom stereocenters. The number of rotatable bonds is 5. The molecule has 2 nitrogen and oxygen atoms in total. The molecule has 92 valence electrons. The summed E-state index contributed by atoms with van der Waals surface area (Å²) in [4.78, 5) is 0. The molecule has 3 rings (SSSR count). The van der Waals surface area contributed by atoms with Gasteiger partial charge in [0.25, 0.3) is 0 Å². The van der Waals surface area contributed by atoms with Gasteiger partial charge in [0.1, 0.15) is 0 Å². The molecule has 0 saturated heterocycles. The monoisotopic (exact) mass is 223 g/mol. The van der Waals surface area contributed by atoms with Crippen molar-refractivity contribution in [1.82, 2.24) is 5.32 Å². The van der Waals surface area contributed by atoms with Crippen LogP contribution < -0.4 is 5.32 Å². The van der Waals surface area contributed by atoms with E-state index in [0.29, 0.717) is 16.9 Å².